The quantitative estimate of drug-likeness (QED) is 0.0818. The number of nitrogens with one attached hydrogen (secondary N) is 2. The minimum absolute atomic E-state index is 0. The van der Waals surface area contributed by atoms with E-state index < -0.39 is 218 Å². The molecule has 8 bridgehead atoms. The van der Waals surface area contributed by atoms with Crippen molar-refractivity contribution >= 4 is 78.1 Å². The van der Waals surface area contributed by atoms with Gasteiger partial charge in [-0.1, -0.05) is 48.5 Å². The number of rotatable bonds is 8. The molecule has 0 spiro atoms. The molecule has 0 amide bonds. The summed E-state index contributed by atoms with van der Waals surface area (Å²) in [4.78, 5) is 76.4. The van der Waals surface area contributed by atoms with E-state index in [1.165, 1.54) is 60.7 Å². The molecule has 0 aliphatic carbocycles. The maximum atomic E-state index is 15.1. The number of benzene rings is 10. The summed E-state index contributed by atoms with van der Waals surface area (Å²) in [5.41, 5.74) is -29.2. The molecule has 121 heavy (non-hydrogen) atoms. The van der Waals surface area contributed by atoms with E-state index in [9.17, 15) is 19.8 Å². The molecule has 1 radical (unpaired) electrons. The van der Waals surface area contributed by atoms with E-state index >= 15 is 105 Å². The summed E-state index contributed by atoms with van der Waals surface area (Å²) in [6.07, 6.45) is -45.1. The van der Waals surface area contributed by atoms with E-state index in [4.69, 9.17) is 19.9 Å². The third-order valence-corrected chi connectivity index (χ3v) is 19.6. The Hall–Kier alpha value is -13.7. The largest absolute Gasteiger partial charge is 2.00 e. The third-order valence-electron chi connectivity index (χ3n) is 19.6. The topological polar surface area (TPSA) is 237 Å². The van der Waals surface area contributed by atoms with Gasteiger partial charge in [0.1, 0.15) is 11.6 Å². The van der Waals surface area contributed by atoms with E-state index in [2.05, 4.69) is 39.9 Å². The second kappa shape index (κ2) is 27.7. The number of alkyl halides is 24. The number of carboxylic acids is 2. The van der Waals surface area contributed by atoms with Crippen LogP contribution in [0.25, 0.3) is 179 Å². The fraction of sp³-hybridized carbons (Fsp3) is 0.100. The minimum Gasteiger partial charge on any atom is -0.478 e. The molecule has 0 fully saturated rings. The first kappa shape index (κ1) is 81.0. The van der Waals surface area contributed by atoms with E-state index in [1.807, 2.05) is 0 Å². The van der Waals surface area contributed by atoms with Gasteiger partial charge in [-0.3, -0.25) is 0 Å². The predicted molar refractivity (Wildman–Crippen MR) is 380 cm³/mol. The van der Waals surface area contributed by atoms with Gasteiger partial charge in [-0.2, -0.15) is 105 Å². The van der Waals surface area contributed by atoms with Crippen molar-refractivity contribution in [3.05, 3.63) is 225 Å². The Kier molecular flexibility index (Phi) is 18.5. The number of hydrogen-bond acceptors (Lipinski definition) is 10. The van der Waals surface area contributed by atoms with Gasteiger partial charge in [0.05, 0.1) is 101 Å². The molecule has 0 unspecified atom stereocenters. The number of H-pyrrole nitrogens is 2. The fourth-order valence-electron chi connectivity index (χ4n) is 14.1. The molecule has 2 aliphatic heterocycles. The molecule has 15 aromatic rings. The standard InChI is InChI=1S/C80H34F24N12O4.Cu/c81-73(82,83)37-13-33(14-38(21-37)74(84,85)86)45-9-11-47(35-17-41(77(93,94)95)23-42(18-35)78(96,97)98)59-57(45)67-111-63-49-25-53-54(106-61(105-53)29-1-5-31(6-2-29)71(117)118)26-50(49)64(109-63)112-68-58-46(34-15-39(75(87,88)89)22-40(16-34)76(90,91)92)10-12-48(36-19-43(79(99,100)101)24-44(20-36)80(102,103)104)60(58)70(116-68)114-66-52-28-56-55(27-51(52)65(110-66)113-69(59)115-67)107-62(108-56)30-3-7-32(8-4-30)72(119)120;/h1-28H,(H6,105,106,107,108,109,110,111,112,113,114,115,116,117,118,119,120);/q;+2/p-2. The van der Waals surface area contributed by atoms with Gasteiger partial charge in [0.2, 0.25) is 0 Å². The van der Waals surface area contributed by atoms with Crippen LogP contribution in [0.2, 0.25) is 0 Å². The van der Waals surface area contributed by atoms with Crippen LogP contribution in [0, 0.1) is 0 Å². The van der Waals surface area contributed by atoms with Crippen molar-refractivity contribution in [2.24, 2.45) is 0 Å². The zero-order valence-corrected chi connectivity index (χ0v) is 59.7. The van der Waals surface area contributed by atoms with Gasteiger partial charge in [-0.15, -0.1) is 0 Å². The summed E-state index contributed by atoms with van der Waals surface area (Å²) in [5, 5.41) is 16.0. The zero-order valence-electron chi connectivity index (χ0n) is 58.7. The van der Waals surface area contributed by atoms with Gasteiger partial charge >= 0.3 is 78.4 Å². The number of carboxylic acid groups (broad SMARTS) is 2. The Balaban J connectivity index is 0.0000109. The average molecular weight is 1740 g/mol. The molecule has 0 saturated heterocycles. The van der Waals surface area contributed by atoms with Gasteiger partial charge < -0.3 is 50.1 Å². The Morgan fingerprint density at radius 1 is 0.256 bits per heavy atom. The molecule has 7 heterocycles. The van der Waals surface area contributed by atoms with E-state index in [0.29, 0.717) is 24.3 Å². The third kappa shape index (κ3) is 14.7. The van der Waals surface area contributed by atoms with Gasteiger partial charge in [0.25, 0.3) is 0 Å². The van der Waals surface area contributed by atoms with Crippen LogP contribution in [-0.4, -0.2) is 72.0 Å². The van der Waals surface area contributed by atoms with Gasteiger partial charge in [-0.05, 0) is 166 Å². The molecule has 0 atom stereocenters. The number of aromatic nitrogens is 12. The molecule has 5 aromatic heterocycles. The molecule has 41 heteroatoms. The first-order valence-electron chi connectivity index (χ1n) is 34.1. The molecule has 17 rings (SSSR count). The second-order valence-electron chi connectivity index (χ2n) is 27.2. The number of nitrogens with zero attached hydrogens (tertiary/aromatic N) is 10. The Morgan fingerprint density at radius 3 is 0.678 bits per heavy atom. The Labute approximate surface area is 665 Å². The molecule has 2 aliphatic rings. The van der Waals surface area contributed by atoms with Crippen molar-refractivity contribution in [1.82, 2.24) is 59.8 Å². The molecule has 10 aromatic carbocycles. The van der Waals surface area contributed by atoms with Crippen LogP contribution in [0.3, 0.4) is 0 Å². The summed E-state index contributed by atoms with van der Waals surface area (Å²) in [7, 11) is 0. The summed E-state index contributed by atoms with van der Waals surface area (Å²) < 4.78 is 363. The summed E-state index contributed by atoms with van der Waals surface area (Å²) in [6.45, 7) is 0. The fourth-order valence-corrected chi connectivity index (χ4v) is 14.1. The zero-order chi connectivity index (χ0) is 85.7. The molecule has 16 nitrogen and oxygen atoms in total. The smallest absolute Gasteiger partial charge is 0.478 e. The van der Waals surface area contributed by atoms with Crippen LogP contribution in [0.5, 0.6) is 0 Å². The number of hydrogen-bond donors (Lipinski definition) is 4. The molecular weight excluding hydrogens is 1710 g/mol. The average Bonchev–Trinajstić information content (AvgIpc) is 1.59. The number of aromatic amines is 2. The monoisotopic (exact) mass is 1740 g/mol. The van der Waals surface area contributed by atoms with Crippen molar-refractivity contribution in [3.63, 3.8) is 0 Å². The van der Waals surface area contributed by atoms with Crippen molar-refractivity contribution in [3.8, 4) is 113 Å². The summed E-state index contributed by atoms with van der Waals surface area (Å²) >= 11 is 0. The van der Waals surface area contributed by atoms with Gasteiger partial charge in [0, 0.05) is 77.5 Å². The van der Waals surface area contributed by atoms with Gasteiger partial charge in [0.15, 0.2) is 0 Å². The number of aromatic carboxylic acids is 2. The van der Waals surface area contributed by atoms with Crippen molar-refractivity contribution in [2.75, 3.05) is 0 Å². The number of imidazole rings is 2. The normalized spacial score (nSPS) is 13.0. The van der Waals surface area contributed by atoms with E-state index in [0.717, 1.165) is 12.1 Å². The Bertz CT molecular complexity index is 6220. The van der Waals surface area contributed by atoms with E-state index in [1.54, 1.807) is 0 Å². The maximum absolute atomic E-state index is 15.1. The maximum Gasteiger partial charge on any atom is 2.00 e. The van der Waals surface area contributed by atoms with Crippen molar-refractivity contribution in [2.45, 2.75) is 49.4 Å². The van der Waals surface area contributed by atoms with Crippen LogP contribution in [0.1, 0.15) is 65.2 Å². The minimum atomic E-state index is -5.64. The SMILES string of the molecule is O=C(O)c1ccc(-c2nc3cc4c(cc3[nH]2)-c2nc-4nc3[n-]c(nc4nc(nc5[n-]c(n2)c2c(-c6cc(C(F)(F)F)cc(C(F)(F)F)c6)ccc(-c6cc(C(F)(F)F)cc(C(F)(F)F)c6)c52)-c2cc5nc(-c6ccc(C(=O)O)cc6)[nH]c5cc2-4)c2c(-c4cc(C(F)(F)F)cc(C(F)(F)F)c4)ccc(-c4cc(C(F)(F)F)cc(C(F)(F)F)c4)c32)cc1.[Cu+2]. The summed E-state index contributed by atoms with van der Waals surface area (Å²) in [5.74, 6) is -6.00. The van der Waals surface area contributed by atoms with Crippen molar-refractivity contribution < 1.29 is 142 Å². The number of fused-ring (bicyclic) bond motifs is 22. The van der Waals surface area contributed by atoms with Crippen LogP contribution in [0.4, 0.5) is 105 Å². The molecular formula is C80H32CuF24N12O4. The first-order valence-corrected chi connectivity index (χ1v) is 34.1. The summed E-state index contributed by atoms with van der Waals surface area (Å²) in [6, 6.07) is 17.7. The van der Waals surface area contributed by atoms with Gasteiger partial charge in [-0.25, -0.2) is 29.5 Å². The van der Waals surface area contributed by atoms with Crippen LogP contribution in [0.15, 0.2) is 170 Å². The van der Waals surface area contributed by atoms with Crippen molar-refractivity contribution in [1.29, 1.82) is 0 Å². The number of carbonyl (C=O) groups is 2. The predicted octanol–water partition coefficient (Wildman–Crippen LogP) is 23.4. The first-order chi connectivity index (χ1) is 56.0. The molecule has 0 saturated carbocycles. The molecule has 4 N–H and O–H groups in total. The van der Waals surface area contributed by atoms with Crippen LogP contribution >= 0.6 is 0 Å². The Morgan fingerprint density at radius 2 is 0.471 bits per heavy atom. The van der Waals surface area contributed by atoms with E-state index in [-0.39, 0.29) is 168 Å². The second-order valence-corrected chi connectivity index (χ2v) is 27.2. The molecule has 615 valence electrons. The number of halogens is 24. The van der Waals surface area contributed by atoms with Crippen LogP contribution < -0.4 is 9.97 Å². The van der Waals surface area contributed by atoms with Crippen LogP contribution in [-0.2, 0) is 66.5 Å².